The molecule has 0 saturated heterocycles. The SMILES string of the molecule is CC1CCC(NC(=O)c2c(N)cccc2Cl)C1. The average Bonchev–Trinajstić information content (AvgIpc) is 2.63. The Morgan fingerprint density at radius 2 is 2.24 bits per heavy atom. The third-order valence-corrected chi connectivity index (χ3v) is 3.62. The first-order valence-electron chi connectivity index (χ1n) is 5.92. The molecule has 0 radical (unpaired) electrons. The minimum absolute atomic E-state index is 0.160. The molecule has 1 aliphatic rings. The van der Waals surface area contributed by atoms with Crippen molar-refractivity contribution in [1.29, 1.82) is 0 Å². The molecule has 17 heavy (non-hydrogen) atoms. The minimum Gasteiger partial charge on any atom is -0.398 e. The molecule has 0 aromatic heterocycles. The van der Waals surface area contributed by atoms with E-state index in [9.17, 15) is 4.79 Å². The number of anilines is 1. The zero-order valence-electron chi connectivity index (χ0n) is 9.87. The molecule has 1 aromatic rings. The van der Waals surface area contributed by atoms with Crippen LogP contribution in [0.5, 0.6) is 0 Å². The second-order valence-corrected chi connectivity index (χ2v) is 5.20. The normalized spacial score (nSPS) is 23.6. The van der Waals surface area contributed by atoms with Crippen LogP contribution < -0.4 is 11.1 Å². The van der Waals surface area contributed by atoms with E-state index in [2.05, 4.69) is 12.2 Å². The fourth-order valence-electron chi connectivity index (χ4n) is 2.38. The molecule has 2 rings (SSSR count). The summed E-state index contributed by atoms with van der Waals surface area (Å²) in [7, 11) is 0. The molecule has 0 bridgehead atoms. The van der Waals surface area contributed by atoms with Gasteiger partial charge < -0.3 is 11.1 Å². The van der Waals surface area contributed by atoms with E-state index >= 15 is 0 Å². The van der Waals surface area contributed by atoms with Crippen LogP contribution in [0.2, 0.25) is 5.02 Å². The van der Waals surface area contributed by atoms with E-state index in [1.54, 1.807) is 18.2 Å². The van der Waals surface area contributed by atoms with E-state index in [4.69, 9.17) is 17.3 Å². The van der Waals surface area contributed by atoms with Crippen molar-refractivity contribution < 1.29 is 4.79 Å². The minimum atomic E-state index is -0.160. The summed E-state index contributed by atoms with van der Waals surface area (Å²) in [4.78, 5) is 12.1. The van der Waals surface area contributed by atoms with Gasteiger partial charge >= 0.3 is 0 Å². The highest BCUT2D eigenvalue weighted by atomic mass is 35.5. The van der Waals surface area contributed by atoms with Gasteiger partial charge in [-0.3, -0.25) is 4.79 Å². The molecule has 2 atom stereocenters. The molecule has 3 nitrogen and oxygen atoms in total. The van der Waals surface area contributed by atoms with Crippen LogP contribution in [0, 0.1) is 5.92 Å². The van der Waals surface area contributed by atoms with Crippen LogP contribution in [0.3, 0.4) is 0 Å². The zero-order valence-corrected chi connectivity index (χ0v) is 10.6. The van der Waals surface area contributed by atoms with E-state index in [1.165, 1.54) is 6.42 Å². The summed E-state index contributed by atoms with van der Waals surface area (Å²) in [5.74, 6) is 0.524. The van der Waals surface area contributed by atoms with Gasteiger partial charge in [0.1, 0.15) is 0 Å². The summed E-state index contributed by atoms with van der Waals surface area (Å²) < 4.78 is 0. The van der Waals surface area contributed by atoms with Gasteiger partial charge in [-0.2, -0.15) is 0 Å². The van der Waals surface area contributed by atoms with Gasteiger partial charge in [0.15, 0.2) is 0 Å². The van der Waals surface area contributed by atoms with Crippen LogP contribution in [-0.2, 0) is 0 Å². The molecular formula is C13H17ClN2O. The van der Waals surface area contributed by atoms with E-state index < -0.39 is 0 Å². The van der Waals surface area contributed by atoms with Gasteiger partial charge in [0, 0.05) is 11.7 Å². The summed E-state index contributed by atoms with van der Waals surface area (Å²) in [5, 5.41) is 3.41. The molecule has 92 valence electrons. The first kappa shape index (κ1) is 12.2. The van der Waals surface area contributed by atoms with Crippen molar-refractivity contribution >= 4 is 23.2 Å². The molecule has 1 fully saturated rings. The highest BCUT2D eigenvalue weighted by Gasteiger charge is 2.24. The molecule has 1 aromatic carbocycles. The summed E-state index contributed by atoms with van der Waals surface area (Å²) in [5.41, 5.74) is 6.61. The smallest absolute Gasteiger partial charge is 0.255 e. The number of nitrogens with one attached hydrogen (secondary N) is 1. The Balaban J connectivity index is 2.10. The number of carbonyl (C=O) groups is 1. The van der Waals surface area contributed by atoms with E-state index in [-0.39, 0.29) is 11.9 Å². The van der Waals surface area contributed by atoms with Crippen LogP contribution >= 0.6 is 11.6 Å². The summed E-state index contributed by atoms with van der Waals surface area (Å²) in [6.45, 7) is 2.20. The number of hydrogen-bond donors (Lipinski definition) is 2. The summed E-state index contributed by atoms with van der Waals surface area (Å²) in [6, 6.07) is 5.38. The van der Waals surface area contributed by atoms with Gasteiger partial charge in [0.25, 0.3) is 5.91 Å². The maximum atomic E-state index is 12.1. The molecule has 1 amide bonds. The zero-order chi connectivity index (χ0) is 12.4. The molecule has 1 aliphatic carbocycles. The first-order chi connectivity index (χ1) is 8.08. The Bertz CT molecular complexity index is 413. The lowest BCUT2D eigenvalue weighted by atomic mass is 10.1. The maximum Gasteiger partial charge on any atom is 0.255 e. The van der Waals surface area contributed by atoms with Crippen LogP contribution in [0.4, 0.5) is 5.69 Å². The van der Waals surface area contributed by atoms with Gasteiger partial charge in [0.2, 0.25) is 0 Å². The Hall–Kier alpha value is -1.22. The predicted octanol–water partition coefficient (Wildman–Crippen LogP) is 2.84. The van der Waals surface area contributed by atoms with Crippen molar-refractivity contribution in [3.8, 4) is 0 Å². The Kier molecular flexibility index (Phi) is 3.57. The monoisotopic (exact) mass is 252 g/mol. The van der Waals surface area contributed by atoms with Crippen molar-refractivity contribution in [3.63, 3.8) is 0 Å². The number of hydrogen-bond acceptors (Lipinski definition) is 2. The van der Waals surface area contributed by atoms with Crippen molar-refractivity contribution in [2.24, 2.45) is 5.92 Å². The number of halogens is 1. The second kappa shape index (κ2) is 4.96. The van der Waals surface area contributed by atoms with Crippen LogP contribution in [-0.4, -0.2) is 11.9 Å². The standard InChI is InChI=1S/C13H17ClN2O/c1-8-5-6-9(7-8)16-13(17)12-10(14)3-2-4-11(12)15/h2-4,8-9H,5-7,15H2,1H3,(H,16,17). The molecule has 4 heteroatoms. The molecule has 0 spiro atoms. The van der Waals surface area contributed by atoms with Gasteiger partial charge in [0.05, 0.1) is 10.6 Å². The lowest BCUT2D eigenvalue weighted by Gasteiger charge is -2.14. The van der Waals surface area contributed by atoms with Crippen molar-refractivity contribution in [1.82, 2.24) is 5.32 Å². The highest BCUT2D eigenvalue weighted by Crippen LogP contribution is 2.26. The number of rotatable bonds is 2. The highest BCUT2D eigenvalue weighted by molar-refractivity contribution is 6.34. The summed E-state index contributed by atoms with van der Waals surface area (Å²) >= 11 is 6.00. The van der Waals surface area contributed by atoms with Crippen molar-refractivity contribution in [3.05, 3.63) is 28.8 Å². The Morgan fingerprint density at radius 1 is 1.47 bits per heavy atom. The fourth-order valence-corrected chi connectivity index (χ4v) is 2.64. The topological polar surface area (TPSA) is 55.1 Å². The Morgan fingerprint density at radius 3 is 2.82 bits per heavy atom. The molecular weight excluding hydrogens is 236 g/mol. The molecule has 2 unspecified atom stereocenters. The lowest BCUT2D eigenvalue weighted by Crippen LogP contribution is -2.33. The molecule has 3 N–H and O–H groups in total. The summed E-state index contributed by atoms with van der Waals surface area (Å²) in [6.07, 6.45) is 3.25. The van der Waals surface area contributed by atoms with Crippen molar-refractivity contribution in [2.45, 2.75) is 32.2 Å². The number of amides is 1. The maximum absolute atomic E-state index is 12.1. The Labute approximate surface area is 106 Å². The third kappa shape index (κ3) is 2.72. The van der Waals surface area contributed by atoms with E-state index in [1.807, 2.05) is 0 Å². The van der Waals surface area contributed by atoms with Crippen LogP contribution in [0.25, 0.3) is 0 Å². The largest absolute Gasteiger partial charge is 0.398 e. The lowest BCUT2D eigenvalue weighted by molar-refractivity contribution is 0.0938. The predicted molar refractivity (Wildman–Crippen MR) is 70.1 cm³/mol. The van der Waals surface area contributed by atoms with Crippen LogP contribution in [0.15, 0.2) is 18.2 Å². The quantitative estimate of drug-likeness (QED) is 0.796. The molecule has 0 aliphatic heterocycles. The fraction of sp³-hybridized carbons (Fsp3) is 0.462. The van der Waals surface area contributed by atoms with Gasteiger partial charge in [-0.05, 0) is 37.3 Å². The van der Waals surface area contributed by atoms with Gasteiger partial charge in [-0.25, -0.2) is 0 Å². The van der Waals surface area contributed by atoms with Crippen molar-refractivity contribution in [2.75, 3.05) is 5.73 Å². The van der Waals surface area contributed by atoms with Gasteiger partial charge in [-0.1, -0.05) is 24.6 Å². The molecule has 0 heterocycles. The number of nitrogens with two attached hydrogens (primary N) is 1. The average molecular weight is 253 g/mol. The first-order valence-corrected chi connectivity index (χ1v) is 6.30. The van der Waals surface area contributed by atoms with Gasteiger partial charge in [-0.15, -0.1) is 0 Å². The molecule has 1 saturated carbocycles. The second-order valence-electron chi connectivity index (χ2n) is 4.79. The van der Waals surface area contributed by atoms with E-state index in [0.717, 1.165) is 12.8 Å². The number of benzene rings is 1. The third-order valence-electron chi connectivity index (χ3n) is 3.30. The van der Waals surface area contributed by atoms with Crippen LogP contribution in [0.1, 0.15) is 36.5 Å². The van der Waals surface area contributed by atoms with E-state index in [0.29, 0.717) is 22.2 Å². The number of carbonyl (C=O) groups excluding carboxylic acids is 1. The number of nitrogen functional groups attached to an aromatic ring is 1.